The van der Waals surface area contributed by atoms with Gasteiger partial charge in [0, 0.05) is 31.2 Å². The smallest absolute Gasteiger partial charge is 0.245 e. The monoisotopic (exact) mass is 467 g/mol. The Labute approximate surface area is 187 Å². The van der Waals surface area contributed by atoms with Crippen LogP contribution in [0.5, 0.6) is 11.5 Å². The number of rotatable bonds is 7. The van der Waals surface area contributed by atoms with Crippen LogP contribution in [0.15, 0.2) is 47.4 Å². The van der Waals surface area contributed by atoms with E-state index in [2.05, 4.69) is 9.62 Å². The molecule has 1 atom stereocenters. The fourth-order valence-corrected chi connectivity index (χ4v) is 5.17. The summed E-state index contributed by atoms with van der Waals surface area (Å²) in [5, 5.41) is 0.257. The van der Waals surface area contributed by atoms with Crippen molar-refractivity contribution in [1.29, 1.82) is 0 Å². The number of carbonyl (C=O) groups is 1. The zero-order chi connectivity index (χ0) is 22.6. The number of amides is 1. The van der Waals surface area contributed by atoms with Gasteiger partial charge in [0.2, 0.25) is 15.9 Å². The Hall–Kier alpha value is -2.49. The molecule has 1 aliphatic heterocycles. The van der Waals surface area contributed by atoms with Gasteiger partial charge in [0.15, 0.2) is 0 Å². The van der Waals surface area contributed by atoms with Crippen LogP contribution in [0.25, 0.3) is 0 Å². The van der Waals surface area contributed by atoms with Crippen molar-refractivity contribution in [2.45, 2.75) is 17.9 Å². The zero-order valence-electron chi connectivity index (χ0n) is 17.7. The molecule has 10 heteroatoms. The number of carbonyl (C=O) groups excluding carboxylic acids is 1. The topological polar surface area (TPSA) is 88.2 Å². The molecule has 1 N–H and O–H groups in total. The lowest BCUT2D eigenvalue weighted by Gasteiger charge is -2.37. The number of hydrogen-bond donors (Lipinski definition) is 1. The summed E-state index contributed by atoms with van der Waals surface area (Å²) >= 11 is 5.95. The molecule has 2 aromatic rings. The van der Waals surface area contributed by atoms with E-state index in [0.717, 1.165) is 11.4 Å². The molecule has 1 fully saturated rings. The number of ether oxygens (including phenoxy) is 2. The van der Waals surface area contributed by atoms with Crippen molar-refractivity contribution in [3.8, 4) is 11.5 Å². The van der Waals surface area contributed by atoms with E-state index in [0.29, 0.717) is 26.2 Å². The fourth-order valence-electron chi connectivity index (χ4n) is 3.54. The van der Waals surface area contributed by atoms with Gasteiger partial charge in [0.25, 0.3) is 0 Å². The molecule has 0 aromatic heterocycles. The molecule has 0 aliphatic carbocycles. The minimum Gasteiger partial charge on any atom is -0.495 e. The van der Waals surface area contributed by atoms with E-state index in [1.807, 2.05) is 24.3 Å². The molecule has 3 rings (SSSR count). The number of methoxy groups -OCH3 is 2. The fraction of sp³-hybridized carbons (Fsp3) is 0.381. The Balaban J connectivity index is 1.65. The van der Waals surface area contributed by atoms with Gasteiger partial charge in [-0.1, -0.05) is 23.7 Å². The Kier molecular flexibility index (Phi) is 7.30. The van der Waals surface area contributed by atoms with Crippen LogP contribution in [0.4, 0.5) is 5.69 Å². The Morgan fingerprint density at radius 2 is 1.68 bits per heavy atom. The number of anilines is 1. The first kappa shape index (κ1) is 23.2. The van der Waals surface area contributed by atoms with Gasteiger partial charge in [-0.05, 0) is 37.3 Å². The first-order valence-corrected chi connectivity index (χ1v) is 11.7. The molecular weight excluding hydrogens is 442 g/mol. The summed E-state index contributed by atoms with van der Waals surface area (Å²) in [5.41, 5.74) is 0.971. The zero-order valence-corrected chi connectivity index (χ0v) is 19.2. The van der Waals surface area contributed by atoms with Crippen molar-refractivity contribution in [3.05, 3.63) is 47.5 Å². The van der Waals surface area contributed by atoms with Crippen LogP contribution in [-0.4, -0.2) is 65.7 Å². The maximum Gasteiger partial charge on any atom is 0.245 e. The highest BCUT2D eigenvalue weighted by molar-refractivity contribution is 7.89. The van der Waals surface area contributed by atoms with Crippen molar-refractivity contribution in [2.24, 2.45) is 0 Å². The number of piperazine rings is 1. The van der Waals surface area contributed by atoms with Crippen LogP contribution in [0, 0.1) is 0 Å². The lowest BCUT2D eigenvalue weighted by molar-refractivity contribution is -0.132. The van der Waals surface area contributed by atoms with E-state index in [1.54, 1.807) is 12.0 Å². The minimum atomic E-state index is -4.01. The SMILES string of the molecule is COc1ccccc1N1CCN(C(=O)[C@@H](C)NS(=O)(=O)c2cc(Cl)ccc2OC)CC1. The van der Waals surface area contributed by atoms with E-state index in [1.165, 1.54) is 32.2 Å². The molecule has 168 valence electrons. The lowest BCUT2D eigenvalue weighted by Crippen LogP contribution is -2.54. The third kappa shape index (κ3) is 5.23. The summed E-state index contributed by atoms with van der Waals surface area (Å²) in [6, 6.07) is 11.1. The molecule has 1 amide bonds. The van der Waals surface area contributed by atoms with E-state index in [4.69, 9.17) is 21.1 Å². The first-order chi connectivity index (χ1) is 14.8. The maximum absolute atomic E-state index is 12.9. The second-order valence-corrected chi connectivity index (χ2v) is 9.24. The number of halogens is 1. The third-order valence-corrected chi connectivity index (χ3v) is 6.93. The van der Waals surface area contributed by atoms with Crippen molar-refractivity contribution in [3.63, 3.8) is 0 Å². The number of benzene rings is 2. The van der Waals surface area contributed by atoms with Gasteiger partial charge in [-0.15, -0.1) is 0 Å². The summed E-state index contributed by atoms with van der Waals surface area (Å²) in [5.74, 6) is 0.644. The average molecular weight is 468 g/mol. The number of sulfonamides is 1. The predicted octanol–water partition coefficient (Wildman–Crippen LogP) is 2.37. The van der Waals surface area contributed by atoms with Crippen LogP contribution in [0.1, 0.15) is 6.92 Å². The Morgan fingerprint density at radius 3 is 2.32 bits per heavy atom. The van der Waals surface area contributed by atoms with Gasteiger partial charge in [-0.3, -0.25) is 4.79 Å². The second-order valence-electron chi connectivity index (χ2n) is 7.12. The van der Waals surface area contributed by atoms with Gasteiger partial charge in [0.1, 0.15) is 16.4 Å². The molecule has 0 bridgehead atoms. The number of hydrogen-bond acceptors (Lipinski definition) is 6. The van der Waals surface area contributed by atoms with Crippen molar-refractivity contribution in [2.75, 3.05) is 45.3 Å². The van der Waals surface area contributed by atoms with Crippen LogP contribution >= 0.6 is 11.6 Å². The Bertz CT molecular complexity index is 1040. The van der Waals surface area contributed by atoms with Crippen LogP contribution < -0.4 is 19.1 Å². The quantitative estimate of drug-likeness (QED) is 0.672. The maximum atomic E-state index is 12.9. The molecule has 0 unspecified atom stereocenters. The summed E-state index contributed by atoms with van der Waals surface area (Å²) < 4.78 is 38.6. The van der Waals surface area contributed by atoms with Crippen LogP contribution in [-0.2, 0) is 14.8 Å². The molecule has 0 spiro atoms. The highest BCUT2D eigenvalue weighted by Gasteiger charge is 2.30. The van der Waals surface area contributed by atoms with Crippen molar-refractivity contribution in [1.82, 2.24) is 9.62 Å². The van der Waals surface area contributed by atoms with Gasteiger partial charge >= 0.3 is 0 Å². The Morgan fingerprint density at radius 1 is 1.03 bits per heavy atom. The number of nitrogens with one attached hydrogen (secondary N) is 1. The summed E-state index contributed by atoms with van der Waals surface area (Å²) in [6.45, 7) is 3.72. The van der Waals surface area contributed by atoms with Gasteiger partial charge in [-0.25, -0.2) is 8.42 Å². The highest BCUT2D eigenvalue weighted by Crippen LogP contribution is 2.29. The standard InChI is InChI=1S/C21H26ClN3O5S/c1-15(23-31(27,28)20-14-16(22)8-9-19(20)30-3)21(26)25-12-10-24(11-13-25)17-6-4-5-7-18(17)29-2/h4-9,14-15,23H,10-13H2,1-3H3/t15-/m1/s1. The lowest BCUT2D eigenvalue weighted by atomic mass is 10.2. The predicted molar refractivity (Wildman–Crippen MR) is 120 cm³/mol. The third-order valence-electron chi connectivity index (χ3n) is 5.13. The van der Waals surface area contributed by atoms with Gasteiger partial charge in [0.05, 0.1) is 25.9 Å². The van der Waals surface area contributed by atoms with Crippen molar-refractivity contribution >= 4 is 33.2 Å². The number of nitrogens with zero attached hydrogens (tertiary/aromatic N) is 2. The highest BCUT2D eigenvalue weighted by atomic mass is 35.5. The molecule has 0 radical (unpaired) electrons. The summed E-state index contributed by atoms with van der Waals surface area (Å²) in [6.07, 6.45) is 0. The van der Waals surface area contributed by atoms with Gasteiger partial charge < -0.3 is 19.3 Å². The molecule has 8 nitrogen and oxygen atoms in total. The normalized spacial score (nSPS) is 15.5. The molecule has 1 aliphatic rings. The molecule has 0 saturated carbocycles. The first-order valence-electron chi connectivity index (χ1n) is 9.79. The minimum absolute atomic E-state index is 0.108. The molecule has 1 saturated heterocycles. The molecule has 1 heterocycles. The van der Waals surface area contributed by atoms with E-state index < -0.39 is 16.1 Å². The average Bonchev–Trinajstić information content (AvgIpc) is 2.78. The van der Waals surface area contributed by atoms with E-state index in [9.17, 15) is 13.2 Å². The largest absolute Gasteiger partial charge is 0.495 e. The number of para-hydroxylation sites is 2. The molecule has 2 aromatic carbocycles. The molecule has 31 heavy (non-hydrogen) atoms. The van der Waals surface area contributed by atoms with E-state index >= 15 is 0 Å². The second kappa shape index (κ2) is 9.76. The van der Waals surface area contributed by atoms with Gasteiger partial charge in [-0.2, -0.15) is 4.72 Å². The van der Waals surface area contributed by atoms with Crippen LogP contribution in [0.2, 0.25) is 5.02 Å². The summed E-state index contributed by atoms with van der Waals surface area (Å²) in [4.78, 5) is 16.6. The van der Waals surface area contributed by atoms with Crippen molar-refractivity contribution < 1.29 is 22.7 Å². The molecular formula is C21H26ClN3O5S. The van der Waals surface area contributed by atoms with Crippen LogP contribution in [0.3, 0.4) is 0 Å². The summed E-state index contributed by atoms with van der Waals surface area (Å²) in [7, 11) is -1.01. The van der Waals surface area contributed by atoms with E-state index in [-0.39, 0.29) is 21.6 Å².